The zero-order chi connectivity index (χ0) is 54.2. The molecule has 0 saturated carbocycles. The van der Waals surface area contributed by atoms with Crippen molar-refractivity contribution in [1.29, 1.82) is 0 Å². The number of rotatable bonds is 22. The van der Waals surface area contributed by atoms with Crippen molar-refractivity contribution in [3.63, 3.8) is 0 Å². The first-order chi connectivity index (χ1) is 35.5. The average Bonchev–Trinajstić information content (AvgIpc) is 4.06. The van der Waals surface area contributed by atoms with Crippen LogP contribution in [0.5, 0.6) is 0 Å². The van der Waals surface area contributed by atoms with Gasteiger partial charge in [-0.2, -0.15) is 8.42 Å². The number of aliphatic carboxylic acids is 1. The molecule has 0 spiro atoms. The highest BCUT2D eigenvalue weighted by atomic mass is 32.2. The van der Waals surface area contributed by atoms with Crippen LogP contribution in [-0.4, -0.2) is 106 Å². The zero-order valence-electron chi connectivity index (χ0n) is 42.8. The lowest BCUT2D eigenvalue weighted by molar-refractivity contribution is -0.147. The van der Waals surface area contributed by atoms with Gasteiger partial charge in [-0.25, -0.2) is 0 Å². The van der Waals surface area contributed by atoms with Crippen molar-refractivity contribution in [1.82, 2.24) is 31.5 Å². The molecule has 1 fully saturated rings. The first-order valence-corrected chi connectivity index (χ1v) is 27.8. The molecule has 1 aliphatic carbocycles. The zero-order valence-corrected chi connectivity index (χ0v) is 44.4. The third-order valence-corrected chi connectivity index (χ3v) is 15.5. The van der Waals surface area contributed by atoms with Gasteiger partial charge < -0.3 is 36.6 Å². The number of likely N-dealkylation sites (tertiary alicyclic amines) is 1. The summed E-state index contributed by atoms with van der Waals surface area (Å²) in [6, 6.07) is 24.1. The van der Waals surface area contributed by atoms with Crippen LogP contribution < -0.4 is 26.6 Å². The molecule has 0 bridgehead atoms. The number of fused-ring (bicyclic) bond motifs is 4. The molecule has 1 aromatic heterocycles. The maximum atomic E-state index is 14.9. The third kappa shape index (κ3) is 13.9. The monoisotopic (exact) mass is 1060 g/mol. The van der Waals surface area contributed by atoms with Crippen LogP contribution in [0.2, 0.25) is 0 Å². The van der Waals surface area contributed by atoms with E-state index in [0.29, 0.717) is 24.0 Å². The van der Waals surface area contributed by atoms with Crippen LogP contribution in [0.4, 0.5) is 0 Å². The number of nitrogens with zero attached hydrogens (tertiary/aromatic N) is 1. The normalized spacial score (nSPS) is 17.0. The lowest BCUT2D eigenvalue weighted by Crippen LogP contribution is -2.63. The minimum atomic E-state index is -4.32. The Morgan fingerprint density at radius 2 is 1.32 bits per heavy atom. The summed E-state index contributed by atoms with van der Waals surface area (Å²) in [5.74, 6) is -5.91. The summed E-state index contributed by atoms with van der Waals surface area (Å²) in [6.07, 6.45) is 1.11. The highest BCUT2D eigenvalue weighted by molar-refractivity contribution is 7.85. The van der Waals surface area contributed by atoms with Crippen molar-refractivity contribution in [2.24, 2.45) is 0 Å². The largest absolute Gasteiger partial charge is 0.481 e. The summed E-state index contributed by atoms with van der Waals surface area (Å²) in [5.41, 5.74) is 2.76. The van der Waals surface area contributed by atoms with Crippen LogP contribution in [0.15, 0.2) is 102 Å². The van der Waals surface area contributed by atoms with Gasteiger partial charge in [-0.3, -0.25) is 38.1 Å². The number of nitrogens with one attached hydrogen (secondary N) is 5. The van der Waals surface area contributed by atoms with Crippen molar-refractivity contribution < 1.29 is 51.6 Å². The molecule has 7 N–H and O–H groups in total. The minimum absolute atomic E-state index is 0.0168. The number of hydrogen-bond donors (Lipinski definition) is 7. The standard InChI is InChI=1S/C56H66N6O11S2/c1-6-15-43(58-49(65)44(30-34-24-26-35(27-25-34)33-75(71,72)73)59-52(68)48-40-19-9-7-17-38(40)39-18-8-10-20-41(39)48)53(69)62-29-14-28-56(62,5)54(70)60-45(31-36-32-74-46-22-12-11-16-37(36)46)50(66)57-42(21-13-23-47(63)64)51(67)61-55(2,3)4/h7-12,16-20,22,24-27,32,42-45,48H,6,13-15,21,23,28-31,33H2,1-5H3,(H,57,66)(H,58,65)(H,59,68)(H,60,70)(H,61,67)(H,63,64)(H,71,72,73)/t42-,43-,44-,45-,56-/m0/s1. The van der Waals surface area contributed by atoms with Crippen LogP contribution in [0.1, 0.15) is 113 Å². The predicted molar refractivity (Wildman–Crippen MR) is 286 cm³/mol. The summed E-state index contributed by atoms with van der Waals surface area (Å²) < 4.78 is 33.7. The van der Waals surface area contributed by atoms with E-state index in [2.05, 4.69) is 26.6 Å². The van der Waals surface area contributed by atoms with Crippen LogP contribution in [0.3, 0.4) is 0 Å². The van der Waals surface area contributed by atoms with Gasteiger partial charge in [-0.05, 0) is 116 Å². The van der Waals surface area contributed by atoms with Gasteiger partial charge in [-0.15, -0.1) is 11.3 Å². The fourth-order valence-electron chi connectivity index (χ4n) is 10.1. The fourth-order valence-corrected chi connectivity index (χ4v) is 11.7. The second-order valence-corrected chi connectivity index (χ2v) is 23.1. The van der Waals surface area contributed by atoms with Crippen molar-refractivity contribution in [3.05, 3.63) is 130 Å². The Hall–Kier alpha value is -6.96. The lowest BCUT2D eigenvalue weighted by Gasteiger charge is -2.37. The Kier molecular flexibility index (Phi) is 17.6. The first-order valence-electron chi connectivity index (χ1n) is 25.3. The van der Waals surface area contributed by atoms with E-state index in [1.807, 2.05) is 85.1 Å². The van der Waals surface area contributed by atoms with Crippen LogP contribution >= 0.6 is 11.3 Å². The van der Waals surface area contributed by atoms with Gasteiger partial charge in [0.05, 0.1) is 5.92 Å². The maximum absolute atomic E-state index is 14.9. The van der Waals surface area contributed by atoms with E-state index in [1.54, 1.807) is 39.8 Å². The van der Waals surface area contributed by atoms with Crippen LogP contribution in [0, 0.1) is 0 Å². The van der Waals surface area contributed by atoms with Crippen LogP contribution in [-0.2, 0) is 62.3 Å². The molecular formula is C56H66N6O11S2. The Labute approximate surface area is 441 Å². The number of amides is 6. The molecule has 5 atom stereocenters. The van der Waals surface area contributed by atoms with Gasteiger partial charge in [0.15, 0.2) is 0 Å². The van der Waals surface area contributed by atoms with Gasteiger partial charge in [-0.1, -0.05) is 104 Å². The molecule has 2 heterocycles. The number of carbonyl (C=O) groups excluding carboxylic acids is 6. The van der Waals surface area contributed by atoms with Gasteiger partial charge in [0.25, 0.3) is 10.1 Å². The van der Waals surface area contributed by atoms with Crippen molar-refractivity contribution in [2.45, 2.75) is 139 Å². The van der Waals surface area contributed by atoms with Crippen molar-refractivity contribution in [3.8, 4) is 11.1 Å². The number of carbonyl (C=O) groups is 7. The molecule has 398 valence electrons. The Morgan fingerprint density at radius 1 is 0.733 bits per heavy atom. The highest BCUT2D eigenvalue weighted by Crippen LogP contribution is 2.44. The number of carboxylic acids is 1. The van der Waals surface area contributed by atoms with Gasteiger partial charge in [0.2, 0.25) is 35.4 Å². The summed E-state index contributed by atoms with van der Waals surface area (Å²) >= 11 is 1.47. The van der Waals surface area contributed by atoms with Crippen molar-refractivity contribution >= 4 is 73.0 Å². The minimum Gasteiger partial charge on any atom is -0.481 e. The SMILES string of the molecule is CCC[C@H](NC(=O)[C@H](Cc1ccc(CS(=O)(=O)O)cc1)NC(=O)C1c2ccccc2-c2ccccc21)C(=O)N1CCC[C@@]1(C)C(=O)N[C@@H](Cc1csc2ccccc12)C(=O)N[C@@H](CCCC(=O)O)C(=O)NC(C)(C)C. The molecular weight excluding hydrogens is 997 g/mol. The summed E-state index contributed by atoms with van der Waals surface area (Å²) in [5, 5.41) is 26.7. The summed E-state index contributed by atoms with van der Waals surface area (Å²) in [7, 11) is -4.32. The Bertz CT molecular complexity index is 3020. The van der Waals surface area contributed by atoms with Crippen LogP contribution in [0.25, 0.3) is 21.2 Å². The fraction of sp³-hybridized carbons (Fsp3) is 0.411. The van der Waals surface area contributed by atoms with Crippen molar-refractivity contribution in [2.75, 3.05) is 6.54 Å². The molecule has 7 rings (SSSR count). The molecule has 1 aliphatic heterocycles. The lowest BCUT2D eigenvalue weighted by atomic mass is 9.94. The van der Waals surface area contributed by atoms with E-state index in [4.69, 9.17) is 0 Å². The van der Waals surface area contributed by atoms with Gasteiger partial charge >= 0.3 is 5.97 Å². The molecule has 5 aromatic rings. The molecule has 0 radical (unpaired) electrons. The topological polar surface area (TPSA) is 257 Å². The van der Waals surface area contributed by atoms with E-state index >= 15 is 0 Å². The smallest absolute Gasteiger partial charge is 0.303 e. The van der Waals surface area contributed by atoms with E-state index in [-0.39, 0.29) is 51.5 Å². The second-order valence-electron chi connectivity index (χ2n) is 20.7. The second kappa shape index (κ2) is 23.7. The molecule has 17 nitrogen and oxygen atoms in total. The van der Waals surface area contributed by atoms with E-state index in [1.165, 1.54) is 28.4 Å². The van der Waals surface area contributed by atoms with E-state index in [0.717, 1.165) is 37.9 Å². The van der Waals surface area contributed by atoms with E-state index in [9.17, 15) is 51.6 Å². The molecule has 19 heteroatoms. The Balaban J connectivity index is 1.14. The molecule has 1 saturated heterocycles. The van der Waals surface area contributed by atoms with Gasteiger partial charge in [0.1, 0.15) is 35.5 Å². The predicted octanol–water partition coefficient (Wildman–Crippen LogP) is 6.18. The van der Waals surface area contributed by atoms with Gasteiger partial charge in [0, 0.05) is 36.0 Å². The maximum Gasteiger partial charge on any atom is 0.303 e. The quantitative estimate of drug-likeness (QED) is 0.0386. The molecule has 0 unspecified atom stereocenters. The molecule has 2 aliphatic rings. The average molecular weight is 1060 g/mol. The number of thiophene rings is 1. The first kappa shape index (κ1) is 55.8. The molecule has 4 aromatic carbocycles. The number of carboxylic acid groups (broad SMARTS) is 1. The molecule has 6 amide bonds. The van der Waals surface area contributed by atoms with E-state index < -0.39 is 98.4 Å². The highest BCUT2D eigenvalue weighted by Gasteiger charge is 2.49. The number of benzene rings is 4. The Morgan fingerprint density at radius 3 is 1.93 bits per heavy atom. The third-order valence-electron chi connectivity index (χ3n) is 13.8. The molecule has 75 heavy (non-hydrogen) atoms. The number of hydrogen-bond acceptors (Lipinski definition) is 10. The summed E-state index contributed by atoms with van der Waals surface area (Å²) in [4.78, 5) is 100. The summed E-state index contributed by atoms with van der Waals surface area (Å²) in [6.45, 7) is 8.96.